The van der Waals surface area contributed by atoms with Crippen molar-refractivity contribution in [1.29, 1.82) is 0 Å². The summed E-state index contributed by atoms with van der Waals surface area (Å²) in [6, 6.07) is 10.2. The second-order valence-electron chi connectivity index (χ2n) is 7.86. The maximum absolute atomic E-state index is 13.0. The smallest absolute Gasteiger partial charge is 0.252 e. The van der Waals surface area contributed by atoms with Crippen molar-refractivity contribution in [1.82, 2.24) is 0 Å². The maximum atomic E-state index is 13.0. The number of methoxy groups -OCH3 is 4. The van der Waals surface area contributed by atoms with Gasteiger partial charge in [-0.15, -0.1) is 0 Å². The number of nitrogens with zero attached hydrogens (tertiary/aromatic N) is 2. The summed E-state index contributed by atoms with van der Waals surface area (Å²) in [6.07, 6.45) is 0.0567. The lowest BCUT2D eigenvalue weighted by Gasteiger charge is -2.26. The van der Waals surface area contributed by atoms with Gasteiger partial charge in [-0.2, -0.15) is 4.99 Å². The van der Waals surface area contributed by atoms with Crippen LogP contribution < -0.4 is 23.8 Å². The van der Waals surface area contributed by atoms with E-state index in [1.807, 2.05) is 0 Å². The first-order chi connectivity index (χ1) is 16.3. The molecule has 2 heterocycles. The van der Waals surface area contributed by atoms with Crippen LogP contribution in [0.1, 0.15) is 5.56 Å². The fourth-order valence-electron chi connectivity index (χ4n) is 4.14. The van der Waals surface area contributed by atoms with E-state index < -0.39 is 9.84 Å². The van der Waals surface area contributed by atoms with Crippen LogP contribution in [0.15, 0.2) is 41.4 Å². The maximum Gasteiger partial charge on any atom is 0.252 e. The molecule has 4 rings (SSSR count). The number of sulfone groups is 1. The normalized spacial score (nSPS) is 21.9. The van der Waals surface area contributed by atoms with Gasteiger partial charge in [-0.3, -0.25) is 4.79 Å². The number of amidine groups is 1. The minimum Gasteiger partial charge on any atom is -0.497 e. The summed E-state index contributed by atoms with van der Waals surface area (Å²) in [5, 5.41) is 0.218. The fourth-order valence-corrected chi connectivity index (χ4v) is 8.07. The van der Waals surface area contributed by atoms with Crippen molar-refractivity contribution in [2.24, 2.45) is 4.99 Å². The topological polar surface area (TPSA) is 104 Å². The van der Waals surface area contributed by atoms with Crippen molar-refractivity contribution in [3.05, 3.63) is 42.0 Å². The number of hydrogen-bond acceptors (Lipinski definition) is 8. The van der Waals surface area contributed by atoms with Gasteiger partial charge in [0, 0.05) is 11.3 Å². The zero-order valence-electron chi connectivity index (χ0n) is 19.3. The summed E-state index contributed by atoms with van der Waals surface area (Å²) in [5.41, 5.74) is 1.33. The summed E-state index contributed by atoms with van der Waals surface area (Å²) < 4.78 is 46.2. The monoisotopic (exact) mass is 506 g/mol. The Morgan fingerprint density at radius 3 is 2.35 bits per heavy atom. The van der Waals surface area contributed by atoms with Gasteiger partial charge >= 0.3 is 0 Å². The number of hydrogen-bond donors (Lipinski definition) is 0. The standard InChI is InChI=1S/C23H26N2O7S2/c1-29-15-6-8-18(30-2)16(11-15)25-17-12-34(27,28)13-21(17)33-23(25)24-22(26)10-14-5-7-19(31-3)20(9-14)32-4/h5-9,11,17,21H,10,12-13H2,1-4H3/t17-,21-/m0/s1. The molecule has 0 saturated carbocycles. The van der Waals surface area contributed by atoms with E-state index in [0.29, 0.717) is 33.9 Å². The number of rotatable bonds is 7. The molecule has 9 nitrogen and oxygen atoms in total. The molecule has 2 atom stereocenters. The van der Waals surface area contributed by atoms with Gasteiger partial charge in [0.15, 0.2) is 26.5 Å². The zero-order chi connectivity index (χ0) is 24.5. The van der Waals surface area contributed by atoms with Crippen LogP contribution in [0.3, 0.4) is 0 Å². The number of carbonyl (C=O) groups is 1. The van der Waals surface area contributed by atoms with Crippen molar-refractivity contribution >= 4 is 38.4 Å². The summed E-state index contributed by atoms with van der Waals surface area (Å²) in [5.74, 6) is 1.87. The Bertz CT molecular complexity index is 1230. The average Bonchev–Trinajstić information content (AvgIpc) is 3.28. The predicted molar refractivity (Wildman–Crippen MR) is 132 cm³/mol. The van der Waals surface area contributed by atoms with Crippen LogP contribution in [0, 0.1) is 0 Å². The molecular weight excluding hydrogens is 480 g/mol. The predicted octanol–water partition coefficient (Wildman–Crippen LogP) is 2.57. The Labute approximate surface area is 203 Å². The first kappa shape index (κ1) is 24.2. The molecular formula is C23H26N2O7S2. The van der Waals surface area contributed by atoms with Crippen molar-refractivity contribution in [2.75, 3.05) is 44.8 Å². The molecule has 0 spiro atoms. The van der Waals surface area contributed by atoms with Crippen LogP contribution in [0.25, 0.3) is 0 Å². The number of aliphatic imine (C=N–C) groups is 1. The van der Waals surface area contributed by atoms with Gasteiger partial charge in [-0.1, -0.05) is 17.8 Å². The van der Waals surface area contributed by atoms with Crippen molar-refractivity contribution in [3.8, 4) is 23.0 Å². The molecule has 2 aliphatic heterocycles. The van der Waals surface area contributed by atoms with Crippen LogP contribution in [0.5, 0.6) is 23.0 Å². The lowest BCUT2D eigenvalue weighted by Crippen LogP contribution is -2.38. The number of fused-ring (bicyclic) bond motifs is 1. The third-order valence-electron chi connectivity index (χ3n) is 5.74. The molecule has 0 unspecified atom stereocenters. The Hall–Kier alpha value is -2.92. The zero-order valence-corrected chi connectivity index (χ0v) is 20.9. The van der Waals surface area contributed by atoms with Crippen molar-refractivity contribution in [3.63, 3.8) is 0 Å². The van der Waals surface area contributed by atoms with E-state index in [0.717, 1.165) is 5.56 Å². The first-order valence-electron chi connectivity index (χ1n) is 10.5. The third-order valence-corrected chi connectivity index (χ3v) is 8.95. The number of carbonyl (C=O) groups excluding carboxylic acids is 1. The molecule has 0 radical (unpaired) electrons. The molecule has 2 aliphatic rings. The van der Waals surface area contributed by atoms with E-state index in [1.54, 1.807) is 55.5 Å². The lowest BCUT2D eigenvalue weighted by molar-refractivity contribution is -0.117. The van der Waals surface area contributed by atoms with E-state index >= 15 is 0 Å². The van der Waals surface area contributed by atoms with Crippen LogP contribution in [0.2, 0.25) is 0 Å². The number of amides is 1. The minimum atomic E-state index is -3.20. The van der Waals surface area contributed by atoms with Crippen molar-refractivity contribution < 1.29 is 32.2 Å². The average molecular weight is 507 g/mol. The molecule has 2 fully saturated rings. The van der Waals surface area contributed by atoms with Gasteiger partial charge in [0.1, 0.15) is 11.5 Å². The molecule has 1 amide bonds. The summed E-state index contributed by atoms with van der Waals surface area (Å²) in [4.78, 5) is 19.1. The van der Waals surface area contributed by atoms with Crippen LogP contribution in [0.4, 0.5) is 5.69 Å². The minimum absolute atomic E-state index is 0.0199. The molecule has 2 aromatic rings. The summed E-state index contributed by atoms with van der Waals surface area (Å²) >= 11 is 1.31. The summed E-state index contributed by atoms with van der Waals surface area (Å²) in [7, 11) is 2.97. The highest BCUT2D eigenvalue weighted by molar-refractivity contribution is 8.16. The number of benzene rings is 2. The first-order valence-corrected chi connectivity index (χ1v) is 13.2. The number of ether oxygens (including phenoxy) is 4. The Morgan fingerprint density at radius 1 is 0.971 bits per heavy atom. The number of anilines is 1. The van der Waals surface area contributed by atoms with E-state index in [4.69, 9.17) is 18.9 Å². The SMILES string of the molecule is COc1ccc(OC)c(N2C(=NC(=O)Cc3ccc(OC)c(OC)c3)S[C@H]3CS(=O)(=O)C[C@@H]32)c1. The lowest BCUT2D eigenvalue weighted by atomic mass is 10.1. The van der Waals surface area contributed by atoms with Gasteiger partial charge in [-0.05, 0) is 29.8 Å². The Morgan fingerprint density at radius 2 is 1.68 bits per heavy atom. The van der Waals surface area contributed by atoms with E-state index in [-0.39, 0.29) is 35.1 Å². The van der Waals surface area contributed by atoms with Crippen LogP contribution in [-0.4, -0.2) is 70.7 Å². The molecule has 2 saturated heterocycles. The molecule has 34 heavy (non-hydrogen) atoms. The van der Waals surface area contributed by atoms with Gasteiger partial charge in [-0.25, -0.2) is 8.42 Å². The van der Waals surface area contributed by atoms with Gasteiger partial charge < -0.3 is 23.8 Å². The highest BCUT2D eigenvalue weighted by Gasteiger charge is 2.50. The molecule has 0 N–H and O–H groups in total. The molecule has 0 aliphatic carbocycles. The van der Waals surface area contributed by atoms with E-state index in [2.05, 4.69) is 4.99 Å². The second-order valence-corrected chi connectivity index (χ2v) is 11.2. The van der Waals surface area contributed by atoms with Crippen molar-refractivity contribution in [2.45, 2.75) is 17.7 Å². The van der Waals surface area contributed by atoms with Crippen LogP contribution in [-0.2, 0) is 21.1 Å². The third kappa shape index (κ3) is 4.80. The quantitative estimate of drug-likeness (QED) is 0.560. The largest absolute Gasteiger partial charge is 0.497 e. The fraction of sp³-hybridized carbons (Fsp3) is 0.391. The molecule has 2 aromatic carbocycles. The molecule has 0 bridgehead atoms. The summed E-state index contributed by atoms with van der Waals surface area (Å²) in [6.45, 7) is 0. The highest BCUT2D eigenvalue weighted by atomic mass is 32.2. The highest BCUT2D eigenvalue weighted by Crippen LogP contribution is 2.45. The van der Waals surface area contributed by atoms with Gasteiger partial charge in [0.05, 0.1) is 58.1 Å². The Kier molecular flexibility index (Phi) is 6.94. The second kappa shape index (κ2) is 9.75. The Balaban J connectivity index is 1.68. The van der Waals surface area contributed by atoms with E-state index in [9.17, 15) is 13.2 Å². The van der Waals surface area contributed by atoms with E-state index in [1.165, 1.54) is 26.0 Å². The molecule has 182 valence electrons. The van der Waals surface area contributed by atoms with Gasteiger partial charge in [0.2, 0.25) is 0 Å². The van der Waals surface area contributed by atoms with Crippen LogP contribution >= 0.6 is 11.8 Å². The molecule has 11 heteroatoms. The number of thioether (sulfide) groups is 1. The molecule has 0 aromatic heterocycles. The van der Waals surface area contributed by atoms with Gasteiger partial charge in [0.25, 0.3) is 5.91 Å².